The van der Waals surface area contributed by atoms with Crippen molar-refractivity contribution in [3.8, 4) is 0 Å². The maximum atomic E-state index is 11.9. The fourth-order valence-corrected chi connectivity index (χ4v) is 2.47. The summed E-state index contributed by atoms with van der Waals surface area (Å²) in [6.07, 6.45) is 1.50. The lowest BCUT2D eigenvalue weighted by Crippen LogP contribution is -2.18. The molecule has 0 N–H and O–H groups in total. The minimum absolute atomic E-state index is 0.361. The number of hydrogen-bond donors (Lipinski definition) is 0. The Labute approximate surface area is 122 Å². The van der Waals surface area contributed by atoms with Gasteiger partial charge in [-0.25, -0.2) is 14.5 Å². The van der Waals surface area contributed by atoms with Crippen LogP contribution in [0, 0.1) is 3.57 Å². The summed E-state index contributed by atoms with van der Waals surface area (Å²) in [5, 5.41) is 4.10. The van der Waals surface area contributed by atoms with Gasteiger partial charge in [-0.1, -0.05) is 0 Å². The normalized spacial score (nSPS) is 11.3. The number of aryl methyl sites for hydroxylation is 1. The molecule has 0 aliphatic rings. The Kier molecular flexibility index (Phi) is 3.13. The first kappa shape index (κ1) is 12.4. The molecule has 98 valence electrons. The van der Waals surface area contributed by atoms with Gasteiger partial charge in [-0.3, -0.25) is 4.57 Å². The van der Waals surface area contributed by atoms with Crippen molar-refractivity contribution < 1.29 is 4.42 Å². The summed E-state index contributed by atoms with van der Waals surface area (Å²) in [4.78, 5) is 16.1. The smallest absolute Gasteiger partial charge is 0.408 e. The minimum Gasteiger partial charge on any atom is -0.408 e. The van der Waals surface area contributed by atoms with Crippen LogP contribution in [0.3, 0.4) is 0 Å². The van der Waals surface area contributed by atoms with E-state index in [0.717, 1.165) is 21.5 Å². The summed E-state index contributed by atoms with van der Waals surface area (Å²) in [5.41, 5.74) is 1.37. The van der Waals surface area contributed by atoms with E-state index in [1.54, 1.807) is 9.25 Å². The molecular formula is C12H11IN4O2. The average Bonchev–Trinajstić information content (AvgIpc) is 2.95. The number of oxazole rings is 1. The molecule has 19 heavy (non-hydrogen) atoms. The zero-order chi connectivity index (χ0) is 13.4. The number of rotatable bonds is 3. The van der Waals surface area contributed by atoms with Gasteiger partial charge in [0.1, 0.15) is 12.2 Å². The van der Waals surface area contributed by atoms with Crippen LogP contribution in [0.5, 0.6) is 0 Å². The molecule has 3 aromatic rings. The molecule has 0 atom stereocenters. The summed E-state index contributed by atoms with van der Waals surface area (Å²) in [7, 11) is 0. The SMILES string of the molecule is CCn1ncnc1Cn1c(=O)oc2cc(I)ccc21. The van der Waals surface area contributed by atoms with Crippen LogP contribution in [-0.2, 0) is 13.1 Å². The first-order valence-electron chi connectivity index (χ1n) is 5.84. The Balaban J connectivity index is 2.10. The highest BCUT2D eigenvalue weighted by atomic mass is 127. The van der Waals surface area contributed by atoms with Gasteiger partial charge in [0.2, 0.25) is 0 Å². The summed E-state index contributed by atoms with van der Waals surface area (Å²) in [5.74, 6) is 0.369. The summed E-state index contributed by atoms with van der Waals surface area (Å²) in [6, 6.07) is 5.67. The van der Waals surface area contributed by atoms with Crippen molar-refractivity contribution in [3.05, 3.63) is 44.5 Å². The third kappa shape index (κ3) is 2.18. The maximum absolute atomic E-state index is 11.9. The Morgan fingerprint density at radius 3 is 3.05 bits per heavy atom. The first-order chi connectivity index (χ1) is 9.19. The lowest BCUT2D eigenvalue weighted by atomic mass is 10.3. The van der Waals surface area contributed by atoms with Crippen LogP contribution in [0.2, 0.25) is 0 Å². The van der Waals surface area contributed by atoms with Gasteiger partial charge in [-0.05, 0) is 47.7 Å². The maximum Gasteiger partial charge on any atom is 0.420 e. The van der Waals surface area contributed by atoms with E-state index in [0.29, 0.717) is 12.1 Å². The molecule has 1 aromatic carbocycles. The number of halogens is 1. The van der Waals surface area contributed by atoms with E-state index >= 15 is 0 Å². The molecule has 0 fully saturated rings. The monoisotopic (exact) mass is 370 g/mol. The molecule has 0 unspecified atom stereocenters. The van der Waals surface area contributed by atoms with Crippen molar-refractivity contribution in [1.82, 2.24) is 19.3 Å². The topological polar surface area (TPSA) is 65.8 Å². The van der Waals surface area contributed by atoms with Gasteiger partial charge >= 0.3 is 5.76 Å². The van der Waals surface area contributed by atoms with Crippen LogP contribution in [0.4, 0.5) is 0 Å². The van der Waals surface area contributed by atoms with Gasteiger partial charge in [0.05, 0.1) is 12.1 Å². The van der Waals surface area contributed by atoms with Gasteiger partial charge in [0, 0.05) is 10.1 Å². The average molecular weight is 370 g/mol. The molecule has 0 saturated heterocycles. The molecule has 0 radical (unpaired) electrons. The molecule has 6 nitrogen and oxygen atoms in total. The third-order valence-electron chi connectivity index (χ3n) is 2.93. The molecule has 0 amide bonds. The third-order valence-corrected chi connectivity index (χ3v) is 3.60. The Morgan fingerprint density at radius 1 is 1.42 bits per heavy atom. The number of nitrogens with zero attached hydrogens (tertiary/aromatic N) is 4. The lowest BCUT2D eigenvalue weighted by molar-refractivity contribution is 0.504. The van der Waals surface area contributed by atoms with Gasteiger partial charge in [-0.15, -0.1) is 0 Å². The standard InChI is InChI=1S/C12H11IN4O2/c1-2-17-11(14-7-15-17)6-16-9-4-3-8(13)5-10(9)19-12(16)18/h3-5,7H,2,6H2,1H3. The van der Waals surface area contributed by atoms with Crippen LogP contribution < -0.4 is 5.76 Å². The zero-order valence-electron chi connectivity index (χ0n) is 10.2. The highest BCUT2D eigenvalue weighted by molar-refractivity contribution is 14.1. The second kappa shape index (κ2) is 4.80. The van der Waals surface area contributed by atoms with Crippen LogP contribution in [-0.4, -0.2) is 19.3 Å². The molecule has 0 spiro atoms. The van der Waals surface area contributed by atoms with Gasteiger partial charge in [0.25, 0.3) is 0 Å². The zero-order valence-corrected chi connectivity index (χ0v) is 12.4. The van der Waals surface area contributed by atoms with Crippen LogP contribution in [0.15, 0.2) is 33.7 Å². The van der Waals surface area contributed by atoms with E-state index in [1.807, 2.05) is 25.1 Å². The fourth-order valence-electron chi connectivity index (χ4n) is 2.01. The van der Waals surface area contributed by atoms with E-state index in [4.69, 9.17) is 4.42 Å². The molecule has 2 heterocycles. The van der Waals surface area contributed by atoms with Crippen molar-refractivity contribution in [3.63, 3.8) is 0 Å². The molecular weight excluding hydrogens is 359 g/mol. The van der Waals surface area contributed by atoms with Gasteiger partial charge in [-0.2, -0.15) is 5.10 Å². The van der Waals surface area contributed by atoms with Crippen molar-refractivity contribution in [2.75, 3.05) is 0 Å². The van der Waals surface area contributed by atoms with Gasteiger partial charge < -0.3 is 4.42 Å². The van der Waals surface area contributed by atoms with E-state index in [2.05, 4.69) is 32.7 Å². The highest BCUT2D eigenvalue weighted by Crippen LogP contribution is 2.17. The van der Waals surface area contributed by atoms with Crippen molar-refractivity contribution >= 4 is 33.7 Å². The largest absolute Gasteiger partial charge is 0.420 e. The molecule has 0 bridgehead atoms. The Bertz CT molecular complexity index is 786. The quantitative estimate of drug-likeness (QED) is 0.661. The summed E-state index contributed by atoms with van der Waals surface area (Å²) < 4.78 is 9.61. The number of fused-ring (bicyclic) bond motifs is 1. The van der Waals surface area contributed by atoms with Crippen LogP contribution in [0.1, 0.15) is 12.7 Å². The molecule has 0 aliphatic carbocycles. The number of hydrogen-bond acceptors (Lipinski definition) is 4. The predicted molar refractivity (Wildman–Crippen MR) is 78.0 cm³/mol. The highest BCUT2D eigenvalue weighted by Gasteiger charge is 2.12. The molecule has 2 aromatic heterocycles. The van der Waals surface area contributed by atoms with E-state index < -0.39 is 0 Å². The second-order valence-corrected chi connectivity index (χ2v) is 5.30. The Hall–Kier alpha value is -1.64. The second-order valence-electron chi connectivity index (χ2n) is 4.06. The van der Waals surface area contributed by atoms with Crippen molar-refractivity contribution in [2.45, 2.75) is 20.0 Å². The predicted octanol–water partition coefficient (Wildman–Crippen LogP) is 1.86. The van der Waals surface area contributed by atoms with E-state index in [1.165, 1.54) is 6.33 Å². The summed E-state index contributed by atoms with van der Waals surface area (Å²) in [6.45, 7) is 3.06. The van der Waals surface area contributed by atoms with E-state index in [9.17, 15) is 4.79 Å². The Morgan fingerprint density at radius 2 is 2.26 bits per heavy atom. The van der Waals surface area contributed by atoms with Crippen LogP contribution in [0.25, 0.3) is 11.1 Å². The van der Waals surface area contributed by atoms with Crippen LogP contribution >= 0.6 is 22.6 Å². The van der Waals surface area contributed by atoms with E-state index in [-0.39, 0.29) is 5.76 Å². The molecule has 0 aliphatic heterocycles. The summed E-state index contributed by atoms with van der Waals surface area (Å²) >= 11 is 2.19. The number of benzene rings is 1. The molecule has 3 rings (SSSR count). The van der Waals surface area contributed by atoms with Crippen molar-refractivity contribution in [2.24, 2.45) is 0 Å². The molecule has 0 saturated carbocycles. The van der Waals surface area contributed by atoms with Crippen molar-refractivity contribution in [1.29, 1.82) is 0 Å². The van der Waals surface area contributed by atoms with Gasteiger partial charge in [0.15, 0.2) is 5.58 Å². The lowest BCUT2D eigenvalue weighted by Gasteiger charge is -2.03. The number of aromatic nitrogens is 4. The molecule has 7 heteroatoms. The minimum atomic E-state index is -0.373. The fraction of sp³-hybridized carbons (Fsp3) is 0.250. The first-order valence-corrected chi connectivity index (χ1v) is 6.92.